The first-order chi connectivity index (χ1) is 14.7. The van der Waals surface area contributed by atoms with Gasteiger partial charge in [-0.1, -0.05) is 34.7 Å². The van der Waals surface area contributed by atoms with Gasteiger partial charge in [0.2, 0.25) is 11.0 Å². The summed E-state index contributed by atoms with van der Waals surface area (Å²) in [6.07, 6.45) is -3.96. The molecule has 7 nitrogen and oxygen atoms in total. The molecule has 164 valence electrons. The average Bonchev–Trinajstić information content (AvgIpc) is 3.16. The van der Waals surface area contributed by atoms with Gasteiger partial charge in [-0.3, -0.25) is 4.79 Å². The molecule has 13 heteroatoms. The second kappa shape index (κ2) is 10.2. The van der Waals surface area contributed by atoms with Gasteiger partial charge in [0.1, 0.15) is 5.75 Å². The Bertz CT molecular complexity index is 1050. The molecule has 0 aliphatic heterocycles. The lowest BCUT2D eigenvalue weighted by Crippen LogP contribution is -2.16. The van der Waals surface area contributed by atoms with E-state index in [0.29, 0.717) is 28.3 Å². The SMILES string of the molecule is CCOc1ccc(Nc2nnc(SCC(=O)Nc3ncc(C(F)(F)F)cc3Cl)s2)cc1. The molecule has 3 rings (SSSR count). The highest BCUT2D eigenvalue weighted by molar-refractivity contribution is 8.01. The van der Waals surface area contributed by atoms with Crippen molar-refractivity contribution in [3.63, 3.8) is 0 Å². The van der Waals surface area contributed by atoms with Crippen molar-refractivity contribution in [1.29, 1.82) is 0 Å². The zero-order chi connectivity index (χ0) is 22.4. The molecule has 0 fully saturated rings. The van der Waals surface area contributed by atoms with Crippen LogP contribution in [-0.4, -0.2) is 33.4 Å². The average molecular weight is 490 g/mol. The van der Waals surface area contributed by atoms with E-state index in [1.165, 1.54) is 11.3 Å². The summed E-state index contributed by atoms with van der Waals surface area (Å²) in [5.41, 5.74) is -0.191. The number of aromatic nitrogens is 3. The molecule has 2 heterocycles. The van der Waals surface area contributed by atoms with Crippen LogP contribution in [0.5, 0.6) is 5.75 Å². The molecule has 0 radical (unpaired) electrons. The van der Waals surface area contributed by atoms with Crippen molar-refractivity contribution < 1.29 is 22.7 Å². The Morgan fingerprint density at radius 1 is 1.26 bits per heavy atom. The number of benzene rings is 1. The Hall–Kier alpha value is -2.57. The fourth-order valence-corrected chi connectivity index (χ4v) is 4.01. The van der Waals surface area contributed by atoms with Crippen molar-refractivity contribution in [2.24, 2.45) is 0 Å². The Balaban J connectivity index is 1.51. The third kappa shape index (κ3) is 6.71. The molecule has 1 amide bonds. The van der Waals surface area contributed by atoms with E-state index in [1.54, 1.807) is 0 Å². The molecule has 0 aliphatic carbocycles. The Morgan fingerprint density at radius 3 is 2.65 bits per heavy atom. The van der Waals surface area contributed by atoms with E-state index < -0.39 is 17.6 Å². The van der Waals surface area contributed by atoms with Gasteiger partial charge in [0, 0.05) is 11.9 Å². The van der Waals surface area contributed by atoms with Crippen molar-refractivity contribution in [2.75, 3.05) is 23.0 Å². The number of thioether (sulfide) groups is 1. The highest BCUT2D eigenvalue weighted by atomic mass is 35.5. The molecule has 3 aromatic rings. The molecule has 2 aromatic heterocycles. The maximum absolute atomic E-state index is 12.6. The summed E-state index contributed by atoms with van der Waals surface area (Å²) < 4.78 is 43.9. The minimum atomic E-state index is -4.57. The highest BCUT2D eigenvalue weighted by Gasteiger charge is 2.31. The van der Waals surface area contributed by atoms with Crippen LogP contribution in [0.1, 0.15) is 12.5 Å². The summed E-state index contributed by atoms with van der Waals surface area (Å²) >= 11 is 8.16. The van der Waals surface area contributed by atoms with Crippen LogP contribution in [0.2, 0.25) is 5.02 Å². The van der Waals surface area contributed by atoms with Crippen LogP contribution in [0.25, 0.3) is 0 Å². The Morgan fingerprint density at radius 2 is 2.00 bits per heavy atom. The number of ether oxygens (including phenoxy) is 1. The third-order valence-corrected chi connectivity index (χ3v) is 5.84. The van der Waals surface area contributed by atoms with Crippen LogP contribution in [0.15, 0.2) is 40.9 Å². The lowest BCUT2D eigenvalue weighted by atomic mass is 10.3. The molecule has 0 saturated carbocycles. The zero-order valence-electron chi connectivity index (χ0n) is 15.9. The molecule has 0 unspecified atom stereocenters. The highest BCUT2D eigenvalue weighted by Crippen LogP contribution is 2.33. The van der Waals surface area contributed by atoms with Crippen LogP contribution >= 0.6 is 34.7 Å². The standard InChI is InChI=1S/C18H15ClF3N5O2S2/c1-2-29-12-5-3-11(4-6-12)24-16-26-27-17(31-16)30-9-14(28)25-15-13(19)7-10(8-23-15)18(20,21)22/h3-8H,2,9H2,1H3,(H,24,26)(H,23,25,28). The quantitative estimate of drug-likeness (QED) is 0.405. The lowest BCUT2D eigenvalue weighted by Gasteiger charge is -2.09. The monoisotopic (exact) mass is 489 g/mol. The van der Waals surface area contributed by atoms with Crippen molar-refractivity contribution >= 4 is 57.2 Å². The number of alkyl halides is 3. The number of anilines is 3. The molecule has 0 aliphatic rings. The van der Waals surface area contributed by atoms with Crippen molar-refractivity contribution in [3.8, 4) is 5.75 Å². The second-order valence-corrected chi connectivity index (χ2v) is 8.45. The molecular formula is C18H15ClF3N5O2S2. The molecule has 0 bridgehead atoms. The molecule has 0 spiro atoms. The molecular weight excluding hydrogens is 475 g/mol. The minimum Gasteiger partial charge on any atom is -0.494 e. The summed E-state index contributed by atoms with van der Waals surface area (Å²) in [4.78, 5) is 15.6. The minimum absolute atomic E-state index is 0.0449. The maximum atomic E-state index is 12.6. The smallest absolute Gasteiger partial charge is 0.417 e. The molecule has 0 atom stereocenters. The van der Waals surface area contributed by atoms with E-state index >= 15 is 0 Å². The van der Waals surface area contributed by atoms with Crippen LogP contribution in [0, 0.1) is 0 Å². The van der Waals surface area contributed by atoms with Gasteiger partial charge in [-0.25, -0.2) is 4.98 Å². The fourth-order valence-electron chi connectivity index (χ4n) is 2.22. The zero-order valence-corrected chi connectivity index (χ0v) is 18.3. The lowest BCUT2D eigenvalue weighted by molar-refractivity contribution is -0.137. The van der Waals surface area contributed by atoms with Gasteiger partial charge in [0.05, 0.1) is 22.9 Å². The van der Waals surface area contributed by atoms with Crippen LogP contribution < -0.4 is 15.4 Å². The van der Waals surface area contributed by atoms with E-state index in [2.05, 4.69) is 25.8 Å². The van der Waals surface area contributed by atoms with Gasteiger partial charge in [-0.15, -0.1) is 10.2 Å². The van der Waals surface area contributed by atoms with E-state index in [1.807, 2.05) is 31.2 Å². The van der Waals surface area contributed by atoms with Crippen molar-refractivity contribution in [2.45, 2.75) is 17.4 Å². The fraction of sp³-hybridized carbons (Fsp3) is 0.222. The normalized spacial score (nSPS) is 11.3. The number of pyridine rings is 1. The van der Waals surface area contributed by atoms with E-state index in [-0.39, 0.29) is 16.6 Å². The number of carbonyl (C=O) groups is 1. The van der Waals surface area contributed by atoms with Gasteiger partial charge in [-0.05, 0) is 37.3 Å². The summed E-state index contributed by atoms with van der Waals surface area (Å²) in [6, 6.07) is 8.04. The van der Waals surface area contributed by atoms with Gasteiger partial charge < -0.3 is 15.4 Å². The van der Waals surface area contributed by atoms with Crippen LogP contribution in [0.4, 0.5) is 29.8 Å². The number of hydrogen-bond acceptors (Lipinski definition) is 8. The first-order valence-corrected chi connectivity index (χ1v) is 10.9. The number of carbonyl (C=O) groups excluding carboxylic acids is 1. The first kappa shape index (κ1) is 23.1. The third-order valence-electron chi connectivity index (χ3n) is 3.58. The van der Waals surface area contributed by atoms with Gasteiger partial charge in [0.25, 0.3) is 0 Å². The van der Waals surface area contributed by atoms with Gasteiger partial charge >= 0.3 is 6.18 Å². The van der Waals surface area contributed by atoms with Crippen molar-refractivity contribution in [3.05, 3.63) is 47.1 Å². The summed E-state index contributed by atoms with van der Waals surface area (Å²) in [6.45, 7) is 2.49. The number of amides is 1. The Labute approximate surface area is 188 Å². The van der Waals surface area contributed by atoms with E-state index in [4.69, 9.17) is 16.3 Å². The summed E-state index contributed by atoms with van der Waals surface area (Å²) in [5, 5.41) is 13.7. The number of nitrogens with one attached hydrogen (secondary N) is 2. The van der Waals surface area contributed by atoms with Gasteiger partial charge in [0.15, 0.2) is 10.2 Å². The van der Waals surface area contributed by atoms with E-state index in [9.17, 15) is 18.0 Å². The molecule has 31 heavy (non-hydrogen) atoms. The number of rotatable bonds is 8. The predicted octanol–water partition coefficient (Wildman–Crippen LogP) is 5.48. The number of halogens is 4. The van der Waals surface area contributed by atoms with Crippen LogP contribution in [-0.2, 0) is 11.0 Å². The van der Waals surface area contributed by atoms with Crippen molar-refractivity contribution in [1.82, 2.24) is 15.2 Å². The van der Waals surface area contributed by atoms with Crippen LogP contribution in [0.3, 0.4) is 0 Å². The Kier molecular flexibility index (Phi) is 7.57. The maximum Gasteiger partial charge on any atom is 0.417 e. The summed E-state index contributed by atoms with van der Waals surface area (Å²) in [7, 11) is 0. The number of nitrogens with zero attached hydrogens (tertiary/aromatic N) is 3. The topological polar surface area (TPSA) is 89.0 Å². The molecule has 2 N–H and O–H groups in total. The van der Waals surface area contributed by atoms with E-state index in [0.717, 1.165) is 23.2 Å². The molecule has 1 aromatic carbocycles. The molecule has 0 saturated heterocycles. The largest absolute Gasteiger partial charge is 0.494 e. The second-order valence-electron chi connectivity index (χ2n) is 5.84. The predicted molar refractivity (Wildman–Crippen MR) is 114 cm³/mol. The first-order valence-electron chi connectivity index (χ1n) is 8.73. The van der Waals surface area contributed by atoms with Gasteiger partial charge in [-0.2, -0.15) is 13.2 Å². The number of hydrogen-bond donors (Lipinski definition) is 2. The summed E-state index contributed by atoms with van der Waals surface area (Å²) in [5.74, 6) is 0.0810.